The molecule has 0 saturated heterocycles. The molecule has 0 unspecified atom stereocenters. The van der Waals surface area contributed by atoms with E-state index in [1.807, 2.05) is 0 Å². The Balaban J connectivity index is 2.18. The van der Waals surface area contributed by atoms with Crippen molar-refractivity contribution < 1.29 is 17.9 Å². The topological polar surface area (TPSA) is 72.5 Å². The van der Waals surface area contributed by atoms with Crippen LogP contribution >= 0.6 is 23.2 Å². The van der Waals surface area contributed by atoms with Crippen LogP contribution in [-0.2, 0) is 20.5 Å². The minimum absolute atomic E-state index is 0.252. The first-order valence-electron chi connectivity index (χ1n) is 6.43. The molecule has 23 heavy (non-hydrogen) atoms. The van der Waals surface area contributed by atoms with Gasteiger partial charge in [0, 0.05) is 5.69 Å². The number of carbonyl (C=O) groups excluding carboxylic acids is 1. The third-order valence-electron chi connectivity index (χ3n) is 2.90. The highest BCUT2D eigenvalue weighted by atomic mass is 35.5. The molecule has 5 nitrogen and oxygen atoms in total. The summed E-state index contributed by atoms with van der Waals surface area (Å²) in [5.41, 5.74) is 1.02. The van der Waals surface area contributed by atoms with E-state index in [0.717, 1.165) is 0 Å². The maximum absolute atomic E-state index is 12.2. The van der Waals surface area contributed by atoms with Crippen molar-refractivity contribution in [1.29, 1.82) is 0 Å². The quantitative estimate of drug-likeness (QED) is 0.810. The van der Waals surface area contributed by atoms with E-state index in [1.54, 1.807) is 18.2 Å². The zero-order valence-corrected chi connectivity index (χ0v) is 14.4. The number of ether oxygens (including phenoxy) is 1. The molecule has 0 spiro atoms. The Morgan fingerprint density at radius 2 is 1.87 bits per heavy atom. The van der Waals surface area contributed by atoms with Crippen LogP contribution in [0.3, 0.4) is 0 Å². The molecule has 2 rings (SSSR count). The van der Waals surface area contributed by atoms with Crippen molar-refractivity contribution in [3.05, 3.63) is 63.6 Å². The number of benzene rings is 2. The summed E-state index contributed by atoms with van der Waals surface area (Å²) in [6.45, 7) is 0. The van der Waals surface area contributed by atoms with E-state index in [1.165, 1.54) is 31.4 Å². The van der Waals surface area contributed by atoms with Gasteiger partial charge in [0.25, 0.3) is 0 Å². The normalized spacial score (nSPS) is 11.1. The molecule has 0 aliphatic rings. The zero-order valence-electron chi connectivity index (χ0n) is 12.0. The molecule has 2 aromatic rings. The highest BCUT2D eigenvalue weighted by Gasteiger charge is 2.14. The van der Waals surface area contributed by atoms with Crippen LogP contribution in [0.5, 0.6) is 0 Å². The molecule has 8 heteroatoms. The van der Waals surface area contributed by atoms with E-state index in [0.29, 0.717) is 10.6 Å². The molecule has 122 valence electrons. The lowest BCUT2D eigenvalue weighted by atomic mass is 10.2. The molecule has 1 N–H and O–H groups in total. The average Bonchev–Trinajstić information content (AvgIpc) is 2.49. The van der Waals surface area contributed by atoms with Gasteiger partial charge in [0.1, 0.15) is 0 Å². The second kappa shape index (κ2) is 7.21. The van der Waals surface area contributed by atoms with Crippen molar-refractivity contribution in [2.75, 3.05) is 11.8 Å². The summed E-state index contributed by atoms with van der Waals surface area (Å²) in [5, 5.41) is 0.638. The Kier molecular flexibility index (Phi) is 5.51. The first kappa shape index (κ1) is 17.6. The van der Waals surface area contributed by atoms with Crippen molar-refractivity contribution in [3.8, 4) is 0 Å². The number of carbonyl (C=O) groups is 1. The van der Waals surface area contributed by atoms with E-state index in [2.05, 4.69) is 9.46 Å². The van der Waals surface area contributed by atoms with Crippen LogP contribution in [0.15, 0.2) is 42.5 Å². The molecule has 0 bridgehead atoms. The predicted octanol–water partition coefficient (Wildman–Crippen LogP) is 3.72. The standard InChI is InChI=1S/C15H13Cl2NO4S/c1-22-15(19)11-3-2-4-12(8-11)18-23(20,21)9-10-5-6-13(16)14(17)7-10/h2-8,18H,9H2,1H3. The van der Waals surface area contributed by atoms with Gasteiger partial charge in [-0.1, -0.05) is 35.3 Å². The van der Waals surface area contributed by atoms with E-state index in [4.69, 9.17) is 23.2 Å². The smallest absolute Gasteiger partial charge is 0.337 e. The zero-order chi connectivity index (χ0) is 17.0. The van der Waals surface area contributed by atoms with E-state index in [9.17, 15) is 13.2 Å². The van der Waals surface area contributed by atoms with E-state index < -0.39 is 16.0 Å². The maximum Gasteiger partial charge on any atom is 0.337 e. The molecule has 0 radical (unpaired) electrons. The number of rotatable bonds is 5. The third kappa shape index (κ3) is 4.86. The van der Waals surface area contributed by atoms with Crippen LogP contribution < -0.4 is 4.72 Å². The summed E-state index contributed by atoms with van der Waals surface area (Å²) in [7, 11) is -2.42. The largest absolute Gasteiger partial charge is 0.465 e. The van der Waals surface area contributed by atoms with Gasteiger partial charge >= 0.3 is 5.97 Å². The summed E-state index contributed by atoms with van der Waals surface area (Å²) in [5.74, 6) is -0.817. The van der Waals surface area contributed by atoms with Crippen LogP contribution in [0.25, 0.3) is 0 Å². The Hall–Kier alpha value is -1.76. The molecule has 0 amide bonds. The molecule has 2 aromatic carbocycles. The minimum atomic E-state index is -3.67. The van der Waals surface area contributed by atoms with E-state index in [-0.39, 0.29) is 22.0 Å². The summed E-state index contributed by atoms with van der Waals surface area (Å²) in [6, 6.07) is 10.6. The van der Waals surface area contributed by atoms with Gasteiger partial charge in [-0.05, 0) is 35.9 Å². The summed E-state index contributed by atoms with van der Waals surface area (Å²) in [6.07, 6.45) is 0. The summed E-state index contributed by atoms with van der Waals surface area (Å²) in [4.78, 5) is 11.5. The fraction of sp³-hybridized carbons (Fsp3) is 0.133. The Labute approximate surface area is 144 Å². The molecule has 0 atom stereocenters. The molecule has 0 aliphatic carbocycles. The van der Waals surface area contributed by atoms with Gasteiger partial charge < -0.3 is 4.74 Å². The van der Waals surface area contributed by atoms with Gasteiger partial charge in [-0.15, -0.1) is 0 Å². The molecule has 0 fully saturated rings. The van der Waals surface area contributed by atoms with Crippen molar-refractivity contribution in [2.45, 2.75) is 5.75 Å². The number of hydrogen-bond acceptors (Lipinski definition) is 4. The van der Waals surface area contributed by atoms with Crippen LogP contribution in [0.2, 0.25) is 10.0 Å². The number of hydrogen-bond donors (Lipinski definition) is 1. The molecular formula is C15H13Cl2NO4S. The Morgan fingerprint density at radius 1 is 1.13 bits per heavy atom. The van der Waals surface area contributed by atoms with Gasteiger partial charge in [0.2, 0.25) is 10.0 Å². The van der Waals surface area contributed by atoms with Gasteiger partial charge in [0.05, 0.1) is 28.5 Å². The SMILES string of the molecule is COC(=O)c1cccc(NS(=O)(=O)Cc2ccc(Cl)c(Cl)c2)c1. The predicted molar refractivity (Wildman–Crippen MR) is 90.5 cm³/mol. The van der Waals surface area contributed by atoms with Gasteiger partial charge in [-0.25, -0.2) is 13.2 Å². The first-order valence-corrected chi connectivity index (χ1v) is 8.84. The van der Waals surface area contributed by atoms with Crippen LogP contribution in [0.4, 0.5) is 5.69 Å². The molecule has 0 aromatic heterocycles. The first-order chi connectivity index (χ1) is 10.8. The number of anilines is 1. The Morgan fingerprint density at radius 3 is 2.52 bits per heavy atom. The molecule has 0 aliphatic heterocycles. The number of sulfonamides is 1. The second-order valence-corrected chi connectivity index (χ2v) is 7.22. The van der Waals surface area contributed by atoms with E-state index >= 15 is 0 Å². The van der Waals surface area contributed by atoms with Crippen molar-refractivity contribution in [2.24, 2.45) is 0 Å². The van der Waals surface area contributed by atoms with Gasteiger partial charge in [-0.3, -0.25) is 4.72 Å². The monoisotopic (exact) mass is 373 g/mol. The van der Waals surface area contributed by atoms with Crippen LogP contribution in [0, 0.1) is 0 Å². The fourth-order valence-corrected chi connectivity index (χ4v) is 3.39. The van der Waals surface area contributed by atoms with Crippen molar-refractivity contribution in [3.63, 3.8) is 0 Å². The molecule has 0 saturated carbocycles. The summed E-state index contributed by atoms with van der Waals surface area (Å²) < 4.78 is 31.4. The number of nitrogens with one attached hydrogen (secondary N) is 1. The highest BCUT2D eigenvalue weighted by molar-refractivity contribution is 7.91. The fourth-order valence-electron chi connectivity index (χ4n) is 1.89. The van der Waals surface area contributed by atoms with Crippen molar-refractivity contribution in [1.82, 2.24) is 0 Å². The van der Waals surface area contributed by atoms with Crippen LogP contribution in [-0.4, -0.2) is 21.5 Å². The number of halogens is 2. The Bertz CT molecular complexity index is 837. The number of methoxy groups -OCH3 is 1. The van der Waals surface area contributed by atoms with Crippen LogP contribution in [0.1, 0.15) is 15.9 Å². The highest BCUT2D eigenvalue weighted by Crippen LogP contribution is 2.24. The van der Waals surface area contributed by atoms with Crippen molar-refractivity contribution >= 4 is 44.9 Å². The van der Waals surface area contributed by atoms with Gasteiger partial charge in [0.15, 0.2) is 0 Å². The molecule has 0 heterocycles. The average molecular weight is 374 g/mol. The maximum atomic E-state index is 12.2. The lowest BCUT2D eigenvalue weighted by Crippen LogP contribution is -2.15. The summed E-state index contributed by atoms with van der Waals surface area (Å²) >= 11 is 11.7. The lowest BCUT2D eigenvalue weighted by Gasteiger charge is -2.09. The molecular weight excluding hydrogens is 361 g/mol. The number of esters is 1. The minimum Gasteiger partial charge on any atom is -0.465 e. The lowest BCUT2D eigenvalue weighted by molar-refractivity contribution is 0.0601. The third-order valence-corrected chi connectivity index (χ3v) is 4.90. The second-order valence-electron chi connectivity index (χ2n) is 4.68. The van der Waals surface area contributed by atoms with Gasteiger partial charge in [-0.2, -0.15) is 0 Å².